The molecule has 1 N–H and O–H groups in total. The Kier molecular flexibility index (Phi) is 5.92. The van der Waals surface area contributed by atoms with Gasteiger partial charge in [-0.3, -0.25) is 9.69 Å². The zero-order chi connectivity index (χ0) is 13.0. The van der Waals surface area contributed by atoms with E-state index in [-0.39, 0.29) is 6.42 Å². The molecular weight excluding hydrogens is 326 g/mol. The van der Waals surface area contributed by atoms with E-state index < -0.39 is 5.97 Å². The zero-order valence-corrected chi connectivity index (χ0v) is 12.9. The standard InChI is InChI=1S/C11H15BrClNO2S/c1-7(2)14(4-3-10(15)16)6-8-5-9(12)11(13)17-8/h5,7H,3-4,6H2,1-2H3,(H,15,16). The highest BCUT2D eigenvalue weighted by atomic mass is 79.9. The molecule has 0 amide bonds. The fourth-order valence-corrected chi connectivity index (χ4v) is 3.24. The maximum Gasteiger partial charge on any atom is 0.304 e. The number of rotatable bonds is 6. The second-order valence-corrected chi connectivity index (χ2v) is 6.64. The van der Waals surface area contributed by atoms with Gasteiger partial charge in [-0.2, -0.15) is 0 Å². The maximum absolute atomic E-state index is 10.6. The summed E-state index contributed by atoms with van der Waals surface area (Å²) in [4.78, 5) is 13.9. The molecule has 1 aromatic rings. The minimum atomic E-state index is -0.763. The van der Waals surface area contributed by atoms with Gasteiger partial charge in [0.1, 0.15) is 4.34 Å². The summed E-state index contributed by atoms with van der Waals surface area (Å²) in [6.45, 7) is 5.42. The molecule has 3 nitrogen and oxygen atoms in total. The zero-order valence-electron chi connectivity index (χ0n) is 9.74. The largest absolute Gasteiger partial charge is 0.481 e. The van der Waals surface area contributed by atoms with Crippen LogP contribution in [0.1, 0.15) is 25.1 Å². The molecule has 0 aromatic carbocycles. The Balaban J connectivity index is 2.63. The van der Waals surface area contributed by atoms with Gasteiger partial charge in [0, 0.05) is 28.5 Å². The van der Waals surface area contributed by atoms with Crippen molar-refractivity contribution in [2.45, 2.75) is 32.9 Å². The lowest BCUT2D eigenvalue weighted by atomic mass is 10.2. The highest BCUT2D eigenvalue weighted by Gasteiger charge is 2.14. The molecule has 1 heterocycles. The molecule has 0 aliphatic heterocycles. The van der Waals surface area contributed by atoms with Crippen LogP contribution in [0, 0.1) is 0 Å². The third-order valence-corrected chi connectivity index (χ3v) is 4.86. The number of halogens is 2. The van der Waals surface area contributed by atoms with E-state index in [1.165, 1.54) is 11.3 Å². The molecule has 0 atom stereocenters. The SMILES string of the molecule is CC(C)N(CCC(=O)O)Cc1cc(Br)c(Cl)s1. The molecule has 0 fully saturated rings. The van der Waals surface area contributed by atoms with E-state index in [0.29, 0.717) is 12.6 Å². The van der Waals surface area contributed by atoms with Gasteiger partial charge >= 0.3 is 5.97 Å². The first-order chi connectivity index (χ1) is 7.90. The number of aliphatic carboxylic acids is 1. The summed E-state index contributed by atoms with van der Waals surface area (Å²) in [6, 6.07) is 2.30. The van der Waals surface area contributed by atoms with Gasteiger partial charge in [0.05, 0.1) is 6.42 Å². The molecule has 0 bridgehead atoms. The number of carbonyl (C=O) groups is 1. The summed E-state index contributed by atoms with van der Waals surface area (Å²) in [5, 5.41) is 8.71. The van der Waals surface area contributed by atoms with Crippen molar-refractivity contribution in [2.24, 2.45) is 0 Å². The molecule has 0 radical (unpaired) electrons. The average molecular weight is 341 g/mol. The van der Waals surface area contributed by atoms with E-state index in [2.05, 4.69) is 34.7 Å². The summed E-state index contributed by atoms with van der Waals surface area (Å²) < 4.78 is 1.64. The number of thiophene rings is 1. The Morgan fingerprint density at radius 3 is 2.71 bits per heavy atom. The molecule has 17 heavy (non-hydrogen) atoms. The first-order valence-corrected chi connectivity index (χ1v) is 7.28. The summed E-state index contributed by atoms with van der Waals surface area (Å²) in [6.07, 6.45) is 0.165. The van der Waals surface area contributed by atoms with E-state index in [4.69, 9.17) is 16.7 Å². The predicted octanol–water partition coefficient (Wildman–Crippen LogP) is 3.85. The monoisotopic (exact) mass is 339 g/mol. The van der Waals surface area contributed by atoms with Gasteiger partial charge in [0.15, 0.2) is 0 Å². The van der Waals surface area contributed by atoms with E-state index in [1.54, 1.807) is 0 Å². The first kappa shape index (κ1) is 15.0. The van der Waals surface area contributed by atoms with Crippen LogP contribution in [-0.2, 0) is 11.3 Å². The summed E-state index contributed by atoms with van der Waals surface area (Å²) in [5.41, 5.74) is 0. The van der Waals surface area contributed by atoms with Crippen LogP contribution in [0.15, 0.2) is 10.5 Å². The fraction of sp³-hybridized carbons (Fsp3) is 0.545. The lowest BCUT2D eigenvalue weighted by molar-refractivity contribution is -0.137. The molecule has 0 saturated heterocycles. The minimum Gasteiger partial charge on any atom is -0.481 e. The normalized spacial score (nSPS) is 11.4. The Bertz CT molecular complexity index is 375. The molecule has 1 aromatic heterocycles. The molecule has 96 valence electrons. The van der Waals surface area contributed by atoms with Gasteiger partial charge in [0.2, 0.25) is 0 Å². The molecular formula is C11H15BrClNO2S. The third kappa shape index (κ3) is 4.95. The van der Waals surface area contributed by atoms with Gasteiger partial charge in [-0.1, -0.05) is 11.6 Å². The Hall–Kier alpha value is -0.100. The topological polar surface area (TPSA) is 40.5 Å². The number of carboxylic acid groups (broad SMARTS) is 1. The summed E-state index contributed by atoms with van der Waals surface area (Å²) in [5.74, 6) is -0.763. The van der Waals surface area contributed by atoms with Crippen molar-refractivity contribution in [3.05, 3.63) is 19.8 Å². The molecule has 1 rings (SSSR count). The number of hydrogen-bond donors (Lipinski definition) is 1. The number of carboxylic acids is 1. The van der Waals surface area contributed by atoms with E-state index in [1.807, 2.05) is 6.07 Å². The summed E-state index contributed by atoms with van der Waals surface area (Å²) >= 11 is 10.9. The quantitative estimate of drug-likeness (QED) is 0.855. The van der Waals surface area contributed by atoms with Crippen LogP contribution in [0.4, 0.5) is 0 Å². The Morgan fingerprint density at radius 1 is 1.65 bits per heavy atom. The van der Waals surface area contributed by atoms with Crippen LogP contribution in [-0.4, -0.2) is 28.6 Å². The lowest BCUT2D eigenvalue weighted by Crippen LogP contribution is -2.32. The Morgan fingerprint density at radius 2 is 2.29 bits per heavy atom. The minimum absolute atomic E-state index is 0.165. The van der Waals surface area contributed by atoms with Gasteiger partial charge < -0.3 is 5.11 Å². The van der Waals surface area contributed by atoms with Crippen molar-refractivity contribution in [2.75, 3.05) is 6.54 Å². The molecule has 0 unspecified atom stereocenters. The second kappa shape index (κ2) is 6.73. The first-order valence-electron chi connectivity index (χ1n) is 5.29. The van der Waals surface area contributed by atoms with Gasteiger partial charge in [0.25, 0.3) is 0 Å². The molecule has 0 saturated carbocycles. The van der Waals surface area contributed by atoms with Crippen LogP contribution < -0.4 is 0 Å². The van der Waals surface area contributed by atoms with Crippen molar-refractivity contribution in [1.82, 2.24) is 4.90 Å². The lowest BCUT2D eigenvalue weighted by Gasteiger charge is -2.25. The van der Waals surface area contributed by atoms with E-state index >= 15 is 0 Å². The van der Waals surface area contributed by atoms with Crippen LogP contribution in [0.5, 0.6) is 0 Å². The fourth-order valence-electron chi connectivity index (χ4n) is 1.43. The van der Waals surface area contributed by atoms with Crippen molar-refractivity contribution in [3.8, 4) is 0 Å². The number of nitrogens with zero attached hydrogens (tertiary/aromatic N) is 1. The van der Waals surface area contributed by atoms with E-state index in [0.717, 1.165) is 20.2 Å². The predicted molar refractivity (Wildman–Crippen MR) is 74.8 cm³/mol. The molecule has 0 spiro atoms. The van der Waals surface area contributed by atoms with Crippen LogP contribution in [0.3, 0.4) is 0 Å². The van der Waals surface area contributed by atoms with Crippen LogP contribution in [0.2, 0.25) is 4.34 Å². The number of hydrogen-bond acceptors (Lipinski definition) is 3. The smallest absolute Gasteiger partial charge is 0.304 e. The summed E-state index contributed by atoms with van der Waals surface area (Å²) in [7, 11) is 0. The molecule has 0 aliphatic rings. The van der Waals surface area contributed by atoms with Crippen LogP contribution in [0.25, 0.3) is 0 Å². The van der Waals surface area contributed by atoms with Crippen molar-refractivity contribution < 1.29 is 9.90 Å². The maximum atomic E-state index is 10.6. The molecule has 6 heteroatoms. The van der Waals surface area contributed by atoms with Crippen molar-refractivity contribution in [3.63, 3.8) is 0 Å². The Labute approximate surface area is 119 Å². The van der Waals surface area contributed by atoms with Gasteiger partial charge in [-0.25, -0.2) is 0 Å². The van der Waals surface area contributed by atoms with Crippen molar-refractivity contribution >= 4 is 44.8 Å². The van der Waals surface area contributed by atoms with Crippen LogP contribution >= 0.6 is 38.9 Å². The van der Waals surface area contributed by atoms with Crippen molar-refractivity contribution in [1.29, 1.82) is 0 Å². The molecule has 0 aliphatic carbocycles. The van der Waals surface area contributed by atoms with E-state index in [9.17, 15) is 4.79 Å². The highest BCUT2D eigenvalue weighted by Crippen LogP contribution is 2.32. The second-order valence-electron chi connectivity index (χ2n) is 4.04. The highest BCUT2D eigenvalue weighted by molar-refractivity contribution is 9.10. The third-order valence-electron chi connectivity index (χ3n) is 2.40. The average Bonchev–Trinajstić information content (AvgIpc) is 2.52. The van der Waals surface area contributed by atoms with Gasteiger partial charge in [-0.15, -0.1) is 11.3 Å². The van der Waals surface area contributed by atoms with Gasteiger partial charge in [-0.05, 0) is 35.8 Å².